The van der Waals surface area contributed by atoms with Gasteiger partial charge in [-0.2, -0.15) is 0 Å². The first-order valence-electron chi connectivity index (χ1n) is 7.07. The highest BCUT2D eigenvalue weighted by molar-refractivity contribution is 5.48. The van der Waals surface area contributed by atoms with Crippen molar-refractivity contribution in [1.29, 1.82) is 0 Å². The molecule has 0 amide bonds. The highest BCUT2D eigenvalue weighted by Gasteiger charge is 2.16. The van der Waals surface area contributed by atoms with Crippen molar-refractivity contribution in [3.63, 3.8) is 0 Å². The van der Waals surface area contributed by atoms with E-state index in [4.69, 9.17) is 4.74 Å². The van der Waals surface area contributed by atoms with E-state index in [2.05, 4.69) is 34.5 Å². The van der Waals surface area contributed by atoms with Crippen molar-refractivity contribution in [3.8, 4) is 0 Å². The van der Waals surface area contributed by atoms with Crippen molar-refractivity contribution >= 4 is 5.69 Å². The van der Waals surface area contributed by atoms with Gasteiger partial charge >= 0.3 is 0 Å². The van der Waals surface area contributed by atoms with Crippen LogP contribution in [0.3, 0.4) is 0 Å². The maximum Gasteiger partial charge on any atom is 0.0642 e. The van der Waals surface area contributed by atoms with Gasteiger partial charge in [-0.15, -0.1) is 0 Å². The predicted octanol–water partition coefficient (Wildman–Crippen LogP) is 1.99. The Bertz CT molecular complexity index is 328. The van der Waals surface area contributed by atoms with Crippen molar-refractivity contribution in [1.82, 2.24) is 5.32 Å². The minimum atomic E-state index is 0.755. The minimum absolute atomic E-state index is 0.755. The molecule has 0 unspecified atom stereocenters. The third-order valence-electron chi connectivity index (χ3n) is 4.08. The van der Waals surface area contributed by atoms with Crippen molar-refractivity contribution < 1.29 is 4.74 Å². The molecule has 1 aromatic rings. The summed E-state index contributed by atoms with van der Waals surface area (Å²) in [6.07, 6.45) is 2.55. The number of morpholine rings is 1. The molecule has 1 N–H and O–H groups in total. The molecule has 0 aliphatic carbocycles. The molecular formula is C15H22N2O. The molecule has 0 radical (unpaired) electrons. The number of rotatable bonds is 2. The first kappa shape index (κ1) is 12.0. The fourth-order valence-corrected chi connectivity index (χ4v) is 2.93. The first-order chi connectivity index (χ1) is 8.93. The van der Waals surface area contributed by atoms with Crippen LogP contribution in [0.2, 0.25) is 0 Å². The van der Waals surface area contributed by atoms with Crippen LogP contribution >= 0.6 is 0 Å². The van der Waals surface area contributed by atoms with Gasteiger partial charge in [-0.05, 0) is 49.5 Å². The molecule has 2 aliphatic rings. The zero-order valence-electron chi connectivity index (χ0n) is 10.9. The Kier molecular flexibility index (Phi) is 3.81. The third-order valence-corrected chi connectivity index (χ3v) is 4.08. The zero-order chi connectivity index (χ0) is 12.2. The van der Waals surface area contributed by atoms with Gasteiger partial charge in [0.1, 0.15) is 0 Å². The summed E-state index contributed by atoms with van der Waals surface area (Å²) >= 11 is 0. The quantitative estimate of drug-likeness (QED) is 0.863. The van der Waals surface area contributed by atoms with Crippen LogP contribution in [0.1, 0.15) is 24.3 Å². The van der Waals surface area contributed by atoms with Gasteiger partial charge < -0.3 is 15.0 Å². The van der Waals surface area contributed by atoms with E-state index in [9.17, 15) is 0 Å². The molecule has 0 spiro atoms. The van der Waals surface area contributed by atoms with E-state index in [1.807, 2.05) is 0 Å². The lowest BCUT2D eigenvalue weighted by Gasteiger charge is -2.29. The molecule has 2 heterocycles. The number of piperidine rings is 1. The second-order valence-corrected chi connectivity index (χ2v) is 5.22. The number of hydrogen-bond donors (Lipinski definition) is 1. The Morgan fingerprint density at radius 2 is 1.67 bits per heavy atom. The van der Waals surface area contributed by atoms with Crippen LogP contribution in [0.4, 0.5) is 5.69 Å². The van der Waals surface area contributed by atoms with Gasteiger partial charge in [0.2, 0.25) is 0 Å². The second kappa shape index (κ2) is 5.72. The normalized spacial score (nSPS) is 22.1. The molecule has 0 saturated carbocycles. The summed E-state index contributed by atoms with van der Waals surface area (Å²) in [5, 5.41) is 3.43. The molecule has 0 aromatic heterocycles. The largest absolute Gasteiger partial charge is 0.378 e. The van der Waals surface area contributed by atoms with Crippen molar-refractivity contribution in [2.24, 2.45) is 0 Å². The summed E-state index contributed by atoms with van der Waals surface area (Å²) in [7, 11) is 0. The highest BCUT2D eigenvalue weighted by atomic mass is 16.5. The van der Waals surface area contributed by atoms with Crippen LogP contribution in [-0.2, 0) is 4.74 Å². The van der Waals surface area contributed by atoms with Crippen molar-refractivity contribution in [3.05, 3.63) is 29.8 Å². The van der Waals surface area contributed by atoms with E-state index in [0.717, 1.165) is 45.3 Å². The van der Waals surface area contributed by atoms with E-state index in [-0.39, 0.29) is 0 Å². The topological polar surface area (TPSA) is 24.5 Å². The Balaban J connectivity index is 1.67. The maximum atomic E-state index is 5.39. The minimum Gasteiger partial charge on any atom is -0.378 e. The monoisotopic (exact) mass is 246 g/mol. The molecule has 0 atom stereocenters. The molecule has 0 bridgehead atoms. The van der Waals surface area contributed by atoms with E-state index < -0.39 is 0 Å². The first-order valence-corrected chi connectivity index (χ1v) is 7.07. The van der Waals surface area contributed by atoms with Gasteiger partial charge in [0.15, 0.2) is 0 Å². The van der Waals surface area contributed by atoms with Crippen LogP contribution in [0.15, 0.2) is 24.3 Å². The van der Waals surface area contributed by atoms with Crippen LogP contribution < -0.4 is 10.2 Å². The fraction of sp³-hybridized carbons (Fsp3) is 0.600. The Morgan fingerprint density at radius 3 is 2.33 bits per heavy atom. The van der Waals surface area contributed by atoms with Crippen molar-refractivity contribution in [2.45, 2.75) is 18.8 Å². The molecule has 98 valence electrons. The Morgan fingerprint density at radius 1 is 1.00 bits per heavy atom. The summed E-state index contributed by atoms with van der Waals surface area (Å²) < 4.78 is 5.39. The van der Waals surface area contributed by atoms with Crippen LogP contribution in [0.5, 0.6) is 0 Å². The lowest BCUT2D eigenvalue weighted by molar-refractivity contribution is 0.122. The lowest BCUT2D eigenvalue weighted by Crippen LogP contribution is -2.36. The summed E-state index contributed by atoms with van der Waals surface area (Å²) in [5.41, 5.74) is 2.85. The summed E-state index contributed by atoms with van der Waals surface area (Å²) in [6, 6.07) is 9.20. The van der Waals surface area contributed by atoms with Gasteiger partial charge in [-0.25, -0.2) is 0 Å². The van der Waals surface area contributed by atoms with Gasteiger partial charge in [0.05, 0.1) is 13.2 Å². The van der Waals surface area contributed by atoms with E-state index in [1.165, 1.54) is 24.1 Å². The number of anilines is 1. The summed E-state index contributed by atoms with van der Waals surface area (Å²) in [6.45, 7) is 6.08. The molecular weight excluding hydrogens is 224 g/mol. The molecule has 1 aromatic carbocycles. The zero-order valence-corrected chi connectivity index (χ0v) is 10.9. The van der Waals surface area contributed by atoms with Gasteiger partial charge in [-0.1, -0.05) is 12.1 Å². The Hall–Kier alpha value is -1.06. The maximum absolute atomic E-state index is 5.39. The second-order valence-electron chi connectivity index (χ2n) is 5.22. The molecule has 3 heteroatoms. The average Bonchev–Trinajstić information content (AvgIpc) is 2.49. The van der Waals surface area contributed by atoms with Gasteiger partial charge in [0.25, 0.3) is 0 Å². The number of ether oxygens (including phenoxy) is 1. The standard InChI is InChI=1S/C15H22N2O/c1-3-15(17-9-11-18-12-10-17)4-2-13(1)14-5-7-16-8-6-14/h1-4,14,16H,5-12H2. The van der Waals surface area contributed by atoms with E-state index in [0.29, 0.717) is 0 Å². The summed E-state index contributed by atoms with van der Waals surface area (Å²) in [5.74, 6) is 0.755. The third kappa shape index (κ3) is 2.68. The Labute approximate surface area is 109 Å². The summed E-state index contributed by atoms with van der Waals surface area (Å²) in [4.78, 5) is 2.41. The lowest BCUT2D eigenvalue weighted by atomic mass is 9.90. The van der Waals surface area contributed by atoms with Crippen LogP contribution in [0.25, 0.3) is 0 Å². The molecule has 3 nitrogen and oxygen atoms in total. The van der Waals surface area contributed by atoms with E-state index >= 15 is 0 Å². The molecule has 18 heavy (non-hydrogen) atoms. The smallest absolute Gasteiger partial charge is 0.0642 e. The predicted molar refractivity (Wildman–Crippen MR) is 74.3 cm³/mol. The van der Waals surface area contributed by atoms with Crippen LogP contribution in [0, 0.1) is 0 Å². The number of nitrogens with zero attached hydrogens (tertiary/aromatic N) is 1. The molecule has 2 aliphatic heterocycles. The number of benzene rings is 1. The molecule has 2 fully saturated rings. The van der Waals surface area contributed by atoms with Gasteiger partial charge in [-0.3, -0.25) is 0 Å². The van der Waals surface area contributed by atoms with Crippen LogP contribution in [-0.4, -0.2) is 39.4 Å². The van der Waals surface area contributed by atoms with E-state index in [1.54, 1.807) is 0 Å². The average molecular weight is 246 g/mol. The fourth-order valence-electron chi connectivity index (χ4n) is 2.93. The number of hydrogen-bond acceptors (Lipinski definition) is 3. The number of nitrogens with one attached hydrogen (secondary N) is 1. The molecule has 3 rings (SSSR count). The highest BCUT2D eigenvalue weighted by Crippen LogP contribution is 2.27. The molecule has 2 saturated heterocycles. The SMILES string of the molecule is c1cc(N2CCOCC2)ccc1C1CCNCC1. The van der Waals surface area contributed by atoms with Crippen molar-refractivity contribution in [2.75, 3.05) is 44.3 Å². The van der Waals surface area contributed by atoms with Gasteiger partial charge in [0, 0.05) is 18.8 Å².